The third-order valence-electron chi connectivity index (χ3n) is 4.34. The molecular formula is C16H25N3O3. The van der Waals surface area contributed by atoms with E-state index >= 15 is 0 Å². The van der Waals surface area contributed by atoms with Crippen LogP contribution in [0.15, 0.2) is 0 Å². The molecular weight excluding hydrogens is 282 g/mol. The van der Waals surface area contributed by atoms with E-state index in [1.807, 2.05) is 20.8 Å². The molecule has 1 heterocycles. The van der Waals surface area contributed by atoms with Crippen molar-refractivity contribution in [2.75, 3.05) is 13.1 Å². The first kappa shape index (κ1) is 16.6. The lowest BCUT2D eigenvalue weighted by atomic mass is 9.69. The second-order valence-corrected chi connectivity index (χ2v) is 7.26. The number of amides is 2. The third kappa shape index (κ3) is 3.70. The van der Waals surface area contributed by atoms with Crippen LogP contribution in [0.25, 0.3) is 0 Å². The number of nitrogens with one attached hydrogen (secondary N) is 1. The van der Waals surface area contributed by atoms with Gasteiger partial charge in [-0.2, -0.15) is 5.26 Å². The molecule has 1 aliphatic carbocycles. The number of hydrogen-bond acceptors (Lipinski definition) is 4. The number of piperidine rings is 1. The minimum atomic E-state index is -0.803. The van der Waals surface area contributed by atoms with Gasteiger partial charge in [0.25, 0.3) is 0 Å². The number of carbonyl (C=O) groups is 2. The Morgan fingerprint density at radius 1 is 1.27 bits per heavy atom. The van der Waals surface area contributed by atoms with Crippen molar-refractivity contribution in [2.45, 2.75) is 64.5 Å². The topological polar surface area (TPSA) is 82.4 Å². The quantitative estimate of drug-likeness (QED) is 0.847. The van der Waals surface area contributed by atoms with Gasteiger partial charge in [0.15, 0.2) is 0 Å². The normalized spacial score (nSPS) is 21.5. The summed E-state index contributed by atoms with van der Waals surface area (Å²) in [5.74, 6) is -0.142. The molecule has 0 aromatic rings. The Kier molecular flexibility index (Phi) is 4.64. The maximum Gasteiger partial charge on any atom is 0.410 e. The summed E-state index contributed by atoms with van der Waals surface area (Å²) in [6, 6.07) is 2.20. The first-order chi connectivity index (χ1) is 10.3. The molecule has 1 saturated carbocycles. The van der Waals surface area contributed by atoms with Crippen LogP contribution in [0, 0.1) is 16.7 Å². The number of ether oxygens (including phenoxy) is 1. The van der Waals surface area contributed by atoms with Gasteiger partial charge in [0.1, 0.15) is 11.0 Å². The Morgan fingerprint density at radius 3 is 2.27 bits per heavy atom. The molecule has 2 aliphatic rings. The molecule has 1 saturated heterocycles. The summed E-state index contributed by atoms with van der Waals surface area (Å²) in [5, 5.41) is 12.2. The standard InChI is InChI=1S/C16H25N3O3/c1-15(2,3)22-14(21)19-9-5-12(6-10-19)18-13(20)16(11-17)7-4-8-16/h12H,4-10H2,1-3H3,(H,18,20). The largest absolute Gasteiger partial charge is 0.444 e. The fourth-order valence-electron chi connectivity index (χ4n) is 2.78. The van der Waals surface area contributed by atoms with Crippen molar-refractivity contribution in [2.24, 2.45) is 5.41 Å². The van der Waals surface area contributed by atoms with Gasteiger partial charge in [-0.15, -0.1) is 0 Å². The molecule has 0 bridgehead atoms. The van der Waals surface area contributed by atoms with Crippen LogP contribution in [-0.2, 0) is 9.53 Å². The van der Waals surface area contributed by atoms with Crippen molar-refractivity contribution < 1.29 is 14.3 Å². The first-order valence-corrected chi connectivity index (χ1v) is 7.96. The fraction of sp³-hybridized carbons (Fsp3) is 0.812. The molecule has 122 valence electrons. The molecule has 0 unspecified atom stereocenters. The molecule has 2 amide bonds. The highest BCUT2D eigenvalue weighted by molar-refractivity contribution is 5.86. The van der Waals surface area contributed by atoms with E-state index in [0.29, 0.717) is 38.8 Å². The Balaban J connectivity index is 1.79. The van der Waals surface area contributed by atoms with Crippen LogP contribution in [0.4, 0.5) is 4.79 Å². The molecule has 0 aromatic carbocycles. The van der Waals surface area contributed by atoms with E-state index in [-0.39, 0.29) is 18.0 Å². The summed E-state index contributed by atoms with van der Waals surface area (Å²) in [6.45, 7) is 6.67. The summed E-state index contributed by atoms with van der Waals surface area (Å²) in [6.07, 6.45) is 3.36. The number of likely N-dealkylation sites (tertiary alicyclic amines) is 1. The van der Waals surface area contributed by atoms with Gasteiger partial charge in [-0.3, -0.25) is 4.79 Å². The fourth-order valence-corrected chi connectivity index (χ4v) is 2.78. The molecule has 2 rings (SSSR count). The van der Waals surface area contributed by atoms with Gasteiger partial charge in [0, 0.05) is 19.1 Å². The predicted molar refractivity (Wildman–Crippen MR) is 80.9 cm³/mol. The smallest absolute Gasteiger partial charge is 0.410 e. The molecule has 6 nitrogen and oxygen atoms in total. The molecule has 22 heavy (non-hydrogen) atoms. The van der Waals surface area contributed by atoms with Gasteiger partial charge < -0.3 is 15.0 Å². The summed E-state index contributed by atoms with van der Waals surface area (Å²) in [4.78, 5) is 25.9. The molecule has 2 fully saturated rings. The highest BCUT2D eigenvalue weighted by Gasteiger charge is 2.45. The summed E-state index contributed by atoms with van der Waals surface area (Å²) in [5.41, 5.74) is -1.30. The second-order valence-electron chi connectivity index (χ2n) is 7.26. The highest BCUT2D eigenvalue weighted by atomic mass is 16.6. The zero-order chi connectivity index (χ0) is 16.4. The van der Waals surface area contributed by atoms with E-state index in [1.165, 1.54) is 0 Å². The molecule has 0 radical (unpaired) electrons. The first-order valence-electron chi connectivity index (χ1n) is 7.96. The van der Waals surface area contributed by atoms with Crippen molar-refractivity contribution in [1.82, 2.24) is 10.2 Å². The lowest BCUT2D eigenvalue weighted by molar-refractivity contribution is -0.132. The Labute approximate surface area is 131 Å². The average molecular weight is 307 g/mol. The number of nitrogens with zero attached hydrogens (tertiary/aromatic N) is 2. The van der Waals surface area contributed by atoms with Gasteiger partial charge in [-0.25, -0.2) is 4.79 Å². The van der Waals surface area contributed by atoms with Crippen LogP contribution in [0.1, 0.15) is 52.9 Å². The Morgan fingerprint density at radius 2 is 1.86 bits per heavy atom. The molecule has 1 N–H and O–H groups in total. The number of carbonyl (C=O) groups excluding carboxylic acids is 2. The SMILES string of the molecule is CC(C)(C)OC(=O)N1CCC(NC(=O)C2(C#N)CCC2)CC1. The average Bonchev–Trinajstić information content (AvgIpc) is 2.36. The maximum atomic E-state index is 12.2. The Hall–Kier alpha value is -1.77. The molecule has 0 atom stereocenters. The molecule has 1 aliphatic heterocycles. The van der Waals surface area contributed by atoms with Gasteiger partial charge in [-0.1, -0.05) is 0 Å². The van der Waals surface area contributed by atoms with Gasteiger partial charge >= 0.3 is 6.09 Å². The van der Waals surface area contributed by atoms with Crippen LogP contribution in [0.2, 0.25) is 0 Å². The lowest BCUT2D eigenvalue weighted by Gasteiger charge is -2.37. The van der Waals surface area contributed by atoms with Crippen LogP contribution in [0.3, 0.4) is 0 Å². The van der Waals surface area contributed by atoms with Gasteiger partial charge in [0.2, 0.25) is 5.91 Å². The number of nitriles is 1. The second kappa shape index (κ2) is 6.15. The minimum Gasteiger partial charge on any atom is -0.444 e. The van der Waals surface area contributed by atoms with E-state index in [0.717, 1.165) is 6.42 Å². The molecule has 6 heteroatoms. The summed E-state index contributed by atoms with van der Waals surface area (Å²) >= 11 is 0. The monoisotopic (exact) mass is 307 g/mol. The van der Waals surface area contributed by atoms with Crippen molar-refractivity contribution in [1.29, 1.82) is 5.26 Å². The zero-order valence-electron chi connectivity index (χ0n) is 13.6. The number of rotatable bonds is 2. The van der Waals surface area contributed by atoms with Crippen molar-refractivity contribution in [3.05, 3.63) is 0 Å². The van der Waals surface area contributed by atoms with E-state index in [9.17, 15) is 14.9 Å². The highest BCUT2D eigenvalue weighted by Crippen LogP contribution is 2.40. The van der Waals surface area contributed by atoms with E-state index in [2.05, 4.69) is 11.4 Å². The number of hydrogen-bond donors (Lipinski definition) is 1. The Bertz CT molecular complexity index is 478. The predicted octanol–water partition coefficient (Wildman–Crippen LogP) is 2.20. The van der Waals surface area contributed by atoms with E-state index in [4.69, 9.17) is 4.74 Å². The van der Waals surface area contributed by atoms with E-state index < -0.39 is 11.0 Å². The molecule has 0 spiro atoms. The van der Waals surface area contributed by atoms with Crippen molar-refractivity contribution in [3.8, 4) is 6.07 Å². The van der Waals surface area contributed by atoms with Crippen molar-refractivity contribution >= 4 is 12.0 Å². The maximum absolute atomic E-state index is 12.2. The summed E-state index contributed by atoms with van der Waals surface area (Å²) < 4.78 is 5.35. The lowest BCUT2D eigenvalue weighted by Crippen LogP contribution is -2.52. The van der Waals surface area contributed by atoms with Crippen LogP contribution >= 0.6 is 0 Å². The van der Waals surface area contributed by atoms with Gasteiger partial charge in [-0.05, 0) is 52.9 Å². The van der Waals surface area contributed by atoms with Crippen LogP contribution < -0.4 is 5.32 Å². The summed E-state index contributed by atoms with van der Waals surface area (Å²) in [7, 11) is 0. The third-order valence-corrected chi connectivity index (χ3v) is 4.34. The minimum absolute atomic E-state index is 0.0389. The molecule has 0 aromatic heterocycles. The van der Waals surface area contributed by atoms with Crippen molar-refractivity contribution in [3.63, 3.8) is 0 Å². The van der Waals surface area contributed by atoms with Crippen LogP contribution in [0.5, 0.6) is 0 Å². The van der Waals surface area contributed by atoms with E-state index in [1.54, 1.807) is 4.90 Å². The van der Waals surface area contributed by atoms with Gasteiger partial charge in [0.05, 0.1) is 6.07 Å². The zero-order valence-corrected chi connectivity index (χ0v) is 13.6. The van der Waals surface area contributed by atoms with Crippen LogP contribution in [-0.4, -0.2) is 41.6 Å².